The average molecular weight is 476 g/mol. The van der Waals surface area contributed by atoms with Crippen LogP contribution in [-0.2, 0) is 22.7 Å². The van der Waals surface area contributed by atoms with Crippen LogP contribution in [-0.4, -0.2) is 68.5 Å². The van der Waals surface area contributed by atoms with E-state index in [1.807, 2.05) is 18.7 Å². The molecule has 0 radical (unpaired) electrons. The molecular formula is C25H37N3O6. The Kier molecular flexibility index (Phi) is 12.1. The maximum atomic E-state index is 10.5. The summed E-state index contributed by atoms with van der Waals surface area (Å²) in [4.78, 5) is 23.3. The molecule has 1 saturated heterocycles. The molecule has 0 amide bonds. The zero-order valence-corrected chi connectivity index (χ0v) is 19.7. The Morgan fingerprint density at radius 2 is 1.85 bits per heavy atom. The summed E-state index contributed by atoms with van der Waals surface area (Å²) < 4.78 is 8.24. The van der Waals surface area contributed by atoms with E-state index >= 15 is 0 Å². The highest BCUT2D eigenvalue weighted by Gasteiger charge is 2.44. The van der Waals surface area contributed by atoms with E-state index in [-0.39, 0.29) is 24.5 Å². The molecule has 2 atom stereocenters. The number of piperidine rings is 1. The fraction of sp³-hybridized carbons (Fsp3) is 0.560. The SMILES string of the molecule is O=CO.O=CO.O[C@@H]1CCC[C@]12CCCN(Cc1ccccc1OCCCCn1ccnc1)C2. The molecule has 1 aromatic carbocycles. The van der Waals surface area contributed by atoms with Crippen LogP contribution in [0.25, 0.3) is 0 Å². The summed E-state index contributed by atoms with van der Waals surface area (Å²) in [7, 11) is 0. The van der Waals surface area contributed by atoms with Crippen molar-refractivity contribution >= 4 is 12.9 Å². The number of hydrogen-bond donors (Lipinski definition) is 3. The molecule has 2 aliphatic rings. The number of aryl methyl sites for hydroxylation is 1. The van der Waals surface area contributed by atoms with E-state index in [0.29, 0.717) is 0 Å². The van der Waals surface area contributed by atoms with E-state index in [4.69, 9.17) is 24.5 Å². The molecule has 9 nitrogen and oxygen atoms in total. The second-order valence-corrected chi connectivity index (χ2v) is 8.76. The summed E-state index contributed by atoms with van der Waals surface area (Å²) in [6.45, 7) is 4.29. The monoisotopic (exact) mass is 475 g/mol. The summed E-state index contributed by atoms with van der Waals surface area (Å²) in [6, 6.07) is 8.44. The van der Waals surface area contributed by atoms with Crippen LogP contribution in [0, 0.1) is 5.41 Å². The van der Waals surface area contributed by atoms with Crippen LogP contribution in [0.5, 0.6) is 5.75 Å². The summed E-state index contributed by atoms with van der Waals surface area (Å²) in [6.07, 6.45) is 13.4. The second-order valence-electron chi connectivity index (χ2n) is 8.76. The molecule has 2 fully saturated rings. The molecule has 0 bridgehead atoms. The van der Waals surface area contributed by atoms with Crippen LogP contribution in [0.3, 0.4) is 0 Å². The first kappa shape index (κ1) is 27.3. The highest BCUT2D eigenvalue weighted by Crippen LogP contribution is 2.45. The minimum absolute atomic E-state index is 0.114. The summed E-state index contributed by atoms with van der Waals surface area (Å²) >= 11 is 0. The lowest BCUT2D eigenvalue weighted by Gasteiger charge is -2.42. The maximum absolute atomic E-state index is 10.5. The van der Waals surface area contributed by atoms with Gasteiger partial charge in [-0.3, -0.25) is 14.5 Å². The number of imidazole rings is 1. The van der Waals surface area contributed by atoms with Crippen molar-refractivity contribution < 1.29 is 29.6 Å². The van der Waals surface area contributed by atoms with Gasteiger partial charge in [0.15, 0.2) is 0 Å². The van der Waals surface area contributed by atoms with Crippen LogP contribution in [0.2, 0.25) is 0 Å². The highest BCUT2D eigenvalue weighted by molar-refractivity contribution is 5.33. The van der Waals surface area contributed by atoms with Gasteiger partial charge in [-0.15, -0.1) is 0 Å². The predicted octanol–water partition coefficient (Wildman–Crippen LogP) is 3.27. The van der Waals surface area contributed by atoms with Crippen molar-refractivity contribution in [3.8, 4) is 5.75 Å². The van der Waals surface area contributed by atoms with Crippen molar-refractivity contribution in [3.63, 3.8) is 0 Å². The third kappa shape index (κ3) is 8.46. The molecule has 2 heterocycles. The van der Waals surface area contributed by atoms with Crippen molar-refractivity contribution in [3.05, 3.63) is 48.5 Å². The maximum Gasteiger partial charge on any atom is 0.290 e. The molecule has 1 aliphatic carbocycles. The molecule has 3 N–H and O–H groups in total. The lowest BCUT2D eigenvalue weighted by atomic mass is 9.76. The number of rotatable bonds is 8. The number of likely N-dealkylation sites (tertiary alicyclic amines) is 1. The number of aliphatic hydroxyl groups excluding tert-OH is 1. The Morgan fingerprint density at radius 3 is 2.53 bits per heavy atom. The predicted molar refractivity (Wildman–Crippen MR) is 128 cm³/mol. The number of hydrogen-bond acceptors (Lipinski definition) is 6. The van der Waals surface area contributed by atoms with Crippen molar-refractivity contribution in [2.75, 3.05) is 19.7 Å². The first-order valence-corrected chi connectivity index (χ1v) is 11.8. The molecular weight excluding hydrogens is 438 g/mol. The van der Waals surface area contributed by atoms with Gasteiger partial charge in [0.2, 0.25) is 0 Å². The molecule has 34 heavy (non-hydrogen) atoms. The van der Waals surface area contributed by atoms with E-state index in [2.05, 4.69) is 38.7 Å². The molecule has 4 rings (SSSR count). The van der Waals surface area contributed by atoms with Crippen molar-refractivity contribution in [2.45, 2.75) is 64.1 Å². The molecule has 188 valence electrons. The largest absolute Gasteiger partial charge is 0.493 e. The molecule has 0 unspecified atom stereocenters. The van der Waals surface area contributed by atoms with E-state index in [9.17, 15) is 5.11 Å². The van der Waals surface area contributed by atoms with Crippen molar-refractivity contribution in [1.82, 2.24) is 14.5 Å². The van der Waals surface area contributed by atoms with E-state index < -0.39 is 0 Å². The smallest absolute Gasteiger partial charge is 0.290 e. The lowest BCUT2D eigenvalue weighted by molar-refractivity contribution is -0.123. The first-order chi connectivity index (χ1) is 16.6. The van der Waals surface area contributed by atoms with Gasteiger partial charge in [0.25, 0.3) is 12.9 Å². The van der Waals surface area contributed by atoms with Gasteiger partial charge in [-0.2, -0.15) is 0 Å². The summed E-state index contributed by atoms with van der Waals surface area (Å²) in [5, 5.41) is 24.3. The van der Waals surface area contributed by atoms with Gasteiger partial charge in [-0.1, -0.05) is 24.6 Å². The van der Waals surface area contributed by atoms with E-state index in [1.54, 1.807) is 0 Å². The molecule has 2 aromatic rings. The standard InChI is InChI=1S/C23H33N3O2.2CH2O2/c27-22-9-5-10-23(22)11-6-14-26(18-23)17-20-7-1-2-8-21(20)28-16-4-3-13-25-15-12-24-19-25;2*2-1-3/h1-2,7-8,12,15,19,22,27H,3-6,9-11,13-14,16-18H2;2*1H,(H,2,3)/t22-,23-;;/m1../s1. The van der Waals surface area contributed by atoms with Gasteiger partial charge in [-0.05, 0) is 51.1 Å². The molecule has 1 aliphatic heterocycles. The number of ether oxygens (including phenoxy) is 1. The summed E-state index contributed by atoms with van der Waals surface area (Å²) in [5.41, 5.74) is 1.41. The van der Waals surface area contributed by atoms with Crippen LogP contribution in [0.4, 0.5) is 0 Å². The normalized spacial score (nSPS) is 21.6. The third-order valence-electron chi connectivity index (χ3n) is 6.54. The van der Waals surface area contributed by atoms with Gasteiger partial charge in [0.1, 0.15) is 5.75 Å². The Bertz CT molecular complexity index is 826. The number of unbranched alkanes of at least 4 members (excludes halogenated alkanes) is 1. The molecule has 1 spiro atoms. The number of para-hydroxylation sites is 1. The number of aromatic nitrogens is 2. The van der Waals surface area contributed by atoms with E-state index in [1.165, 1.54) is 31.2 Å². The Hall–Kier alpha value is -2.91. The van der Waals surface area contributed by atoms with Crippen LogP contribution in [0.15, 0.2) is 43.0 Å². The third-order valence-corrected chi connectivity index (χ3v) is 6.54. The number of benzene rings is 1. The number of carboxylic acid groups (broad SMARTS) is 2. The zero-order valence-electron chi connectivity index (χ0n) is 19.7. The van der Waals surface area contributed by atoms with Crippen molar-refractivity contribution in [2.24, 2.45) is 5.41 Å². The minimum Gasteiger partial charge on any atom is -0.493 e. The lowest BCUT2D eigenvalue weighted by Crippen LogP contribution is -2.46. The molecule has 1 saturated carbocycles. The Labute approximate surface area is 201 Å². The molecule has 1 aromatic heterocycles. The van der Waals surface area contributed by atoms with Gasteiger partial charge in [-0.25, -0.2) is 4.98 Å². The number of nitrogens with zero attached hydrogens (tertiary/aromatic N) is 3. The minimum atomic E-state index is -0.250. The van der Waals surface area contributed by atoms with Gasteiger partial charge in [0, 0.05) is 43.0 Å². The first-order valence-electron chi connectivity index (χ1n) is 11.8. The fourth-order valence-electron chi connectivity index (χ4n) is 5.00. The second kappa shape index (κ2) is 15.1. The Balaban J connectivity index is 0.000000618. The number of aliphatic hydroxyl groups is 1. The zero-order chi connectivity index (χ0) is 24.7. The molecule has 9 heteroatoms. The Morgan fingerprint density at radius 1 is 1.12 bits per heavy atom. The summed E-state index contributed by atoms with van der Waals surface area (Å²) in [5.74, 6) is 1.01. The topological polar surface area (TPSA) is 125 Å². The quantitative estimate of drug-likeness (QED) is 0.392. The average Bonchev–Trinajstić information content (AvgIpc) is 3.46. The fourth-order valence-corrected chi connectivity index (χ4v) is 5.00. The van der Waals surface area contributed by atoms with Gasteiger partial charge >= 0.3 is 0 Å². The van der Waals surface area contributed by atoms with Crippen LogP contribution >= 0.6 is 0 Å². The van der Waals surface area contributed by atoms with Gasteiger partial charge < -0.3 is 24.6 Å². The number of carbonyl (C=O) groups is 2. The van der Waals surface area contributed by atoms with Gasteiger partial charge in [0.05, 0.1) is 19.0 Å². The highest BCUT2D eigenvalue weighted by atomic mass is 16.5. The van der Waals surface area contributed by atoms with Crippen LogP contribution < -0.4 is 4.74 Å². The van der Waals surface area contributed by atoms with Crippen LogP contribution in [0.1, 0.15) is 50.5 Å². The van der Waals surface area contributed by atoms with Crippen molar-refractivity contribution in [1.29, 1.82) is 0 Å². The van der Waals surface area contributed by atoms with E-state index in [0.717, 1.165) is 57.8 Å².